The Hall–Kier alpha value is -2.10. The monoisotopic (exact) mass is 448 g/mol. The lowest BCUT2D eigenvalue weighted by Crippen LogP contribution is -2.26. The minimum absolute atomic E-state index is 0.000693. The largest absolute Gasteiger partial charge is 0.313 e. The van der Waals surface area contributed by atoms with Gasteiger partial charge in [-0.2, -0.15) is 0 Å². The Balaban J connectivity index is 1.71. The second-order valence-electron chi connectivity index (χ2n) is 7.80. The Kier molecular flexibility index (Phi) is 6.04. The van der Waals surface area contributed by atoms with Gasteiger partial charge in [0.25, 0.3) is 0 Å². The van der Waals surface area contributed by atoms with E-state index in [9.17, 15) is 12.8 Å². The maximum Gasteiger partial charge on any atom is 0.228 e. The van der Waals surface area contributed by atoms with Crippen LogP contribution < -0.4 is 0 Å². The van der Waals surface area contributed by atoms with Gasteiger partial charge in [-0.1, -0.05) is 18.2 Å². The number of imidazole rings is 1. The van der Waals surface area contributed by atoms with E-state index in [1.807, 2.05) is 11.6 Å². The summed E-state index contributed by atoms with van der Waals surface area (Å²) in [6.45, 7) is 4.84. The third-order valence-electron chi connectivity index (χ3n) is 5.53. The van der Waals surface area contributed by atoms with E-state index in [1.54, 1.807) is 54.1 Å². The van der Waals surface area contributed by atoms with Crippen molar-refractivity contribution in [3.8, 4) is 0 Å². The summed E-state index contributed by atoms with van der Waals surface area (Å²) in [5.74, 6) is -0.355. The number of thiazole rings is 1. The molecule has 0 amide bonds. The summed E-state index contributed by atoms with van der Waals surface area (Å²) in [5, 5.41) is 2.44. The summed E-state index contributed by atoms with van der Waals surface area (Å²) >= 11 is 1.64. The molecule has 1 atom stereocenters. The van der Waals surface area contributed by atoms with Crippen LogP contribution in [0.15, 0.2) is 47.2 Å². The number of halogens is 1. The number of nitrogens with zero attached hydrogens (tertiary/aromatic N) is 4. The number of rotatable bonds is 7. The third kappa shape index (κ3) is 4.06. The van der Waals surface area contributed by atoms with E-state index in [0.29, 0.717) is 12.1 Å². The lowest BCUT2D eigenvalue weighted by Gasteiger charge is -2.23. The molecule has 3 aromatic rings. The van der Waals surface area contributed by atoms with Crippen molar-refractivity contribution in [2.24, 2.45) is 0 Å². The fourth-order valence-electron chi connectivity index (χ4n) is 3.82. The molecule has 1 fully saturated rings. The fourth-order valence-corrected chi connectivity index (χ4v) is 5.74. The highest BCUT2D eigenvalue weighted by Crippen LogP contribution is 2.34. The molecule has 30 heavy (non-hydrogen) atoms. The van der Waals surface area contributed by atoms with E-state index in [4.69, 9.17) is 0 Å². The highest BCUT2D eigenvalue weighted by molar-refractivity contribution is 7.91. The van der Waals surface area contributed by atoms with Gasteiger partial charge in [0.1, 0.15) is 10.8 Å². The zero-order valence-electron chi connectivity index (χ0n) is 17.0. The fraction of sp³-hybridized carbons (Fsp3) is 0.429. The van der Waals surface area contributed by atoms with Crippen LogP contribution in [0.4, 0.5) is 4.39 Å². The highest BCUT2D eigenvalue weighted by Gasteiger charge is 2.31. The summed E-state index contributed by atoms with van der Waals surface area (Å²) < 4.78 is 41.9. The minimum Gasteiger partial charge on any atom is -0.313 e. The molecule has 0 N–H and O–H groups in total. The van der Waals surface area contributed by atoms with Crippen LogP contribution in [-0.4, -0.2) is 39.6 Å². The van der Waals surface area contributed by atoms with Crippen molar-refractivity contribution in [1.29, 1.82) is 0 Å². The van der Waals surface area contributed by atoms with Gasteiger partial charge >= 0.3 is 0 Å². The lowest BCUT2D eigenvalue weighted by molar-refractivity contribution is 0.241. The molecule has 160 valence electrons. The van der Waals surface area contributed by atoms with E-state index >= 15 is 0 Å². The number of benzene rings is 1. The summed E-state index contributed by atoms with van der Waals surface area (Å²) in [4.78, 5) is 11.1. The maximum absolute atomic E-state index is 14.4. The minimum atomic E-state index is -3.61. The van der Waals surface area contributed by atoms with Gasteiger partial charge in [-0.15, -0.1) is 11.3 Å². The van der Waals surface area contributed by atoms with Crippen molar-refractivity contribution in [3.63, 3.8) is 0 Å². The number of sulfone groups is 1. The molecule has 0 radical (unpaired) electrons. The standard InChI is InChI=1S/C21H25FN4O2S2/c1-15(2)30(27,28)21-24-12-17(26(21)13-16-6-3-4-7-18(16)22)14-25-10-5-8-19(25)20-23-9-11-29-20/h3-4,6-7,9,11-12,15,19H,5,8,10,13-14H2,1-2H3. The molecule has 1 aliphatic rings. The molecular weight excluding hydrogens is 423 g/mol. The first-order chi connectivity index (χ1) is 14.4. The van der Waals surface area contributed by atoms with Crippen LogP contribution in [0.3, 0.4) is 0 Å². The molecule has 0 aliphatic carbocycles. The van der Waals surface area contributed by atoms with Crippen molar-refractivity contribution < 1.29 is 12.8 Å². The van der Waals surface area contributed by atoms with Crippen LogP contribution in [0, 0.1) is 5.82 Å². The van der Waals surface area contributed by atoms with Gasteiger partial charge in [0.05, 0.1) is 29.7 Å². The molecule has 0 saturated carbocycles. The molecule has 0 spiro atoms. The van der Waals surface area contributed by atoms with Crippen LogP contribution >= 0.6 is 11.3 Å². The van der Waals surface area contributed by atoms with Crippen LogP contribution in [0.2, 0.25) is 0 Å². The number of likely N-dealkylation sites (tertiary alicyclic amines) is 1. The van der Waals surface area contributed by atoms with E-state index in [1.165, 1.54) is 6.07 Å². The molecule has 3 heterocycles. The van der Waals surface area contributed by atoms with E-state index in [2.05, 4.69) is 14.9 Å². The topological polar surface area (TPSA) is 68.1 Å². The molecule has 6 nitrogen and oxygen atoms in total. The molecule has 0 bridgehead atoms. The first kappa shape index (κ1) is 21.1. The molecule has 1 unspecified atom stereocenters. The smallest absolute Gasteiger partial charge is 0.228 e. The zero-order valence-corrected chi connectivity index (χ0v) is 18.7. The average Bonchev–Trinajstić information content (AvgIpc) is 3.45. The van der Waals surface area contributed by atoms with Crippen molar-refractivity contribution in [2.45, 2.75) is 56.2 Å². The van der Waals surface area contributed by atoms with E-state index in [0.717, 1.165) is 30.1 Å². The van der Waals surface area contributed by atoms with Crippen molar-refractivity contribution in [3.05, 3.63) is 64.1 Å². The molecule has 1 aliphatic heterocycles. The Morgan fingerprint density at radius 2 is 2.03 bits per heavy atom. The zero-order chi connectivity index (χ0) is 21.3. The Bertz CT molecular complexity index is 1110. The van der Waals surface area contributed by atoms with Gasteiger partial charge in [0.15, 0.2) is 0 Å². The predicted molar refractivity (Wildman–Crippen MR) is 115 cm³/mol. The van der Waals surface area contributed by atoms with E-state index in [-0.39, 0.29) is 23.6 Å². The van der Waals surface area contributed by atoms with Gasteiger partial charge in [0.2, 0.25) is 15.0 Å². The van der Waals surface area contributed by atoms with Crippen LogP contribution in [0.25, 0.3) is 0 Å². The van der Waals surface area contributed by atoms with Gasteiger partial charge in [0, 0.05) is 23.7 Å². The maximum atomic E-state index is 14.4. The van der Waals surface area contributed by atoms with Crippen LogP contribution in [0.5, 0.6) is 0 Å². The predicted octanol–water partition coefficient (Wildman–Crippen LogP) is 4.05. The number of hydrogen-bond donors (Lipinski definition) is 0. The lowest BCUT2D eigenvalue weighted by atomic mass is 10.2. The highest BCUT2D eigenvalue weighted by atomic mass is 32.2. The van der Waals surface area contributed by atoms with Gasteiger partial charge in [-0.25, -0.2) is 22.8 Å². The van der Waals surface area contributed by atoms with Crippen molar-refractivity contribution >= 4 is 21.2 Å². The van der Waals surface area contributed by atoms with Crippen LogP contribution in [0.1, 0.15) is 49.0 Å². The van der Waals surface area contributed by atoms with E-state index < -0.39 is 15.1 Å². The average molecular weight is 449 g/mol. The summed E-state index contributed by atoms with van der Waals surface area (Å²) in [7, 11) is -3.61. The molecule has 4 rings (SSSR count). The first-order valence-corrected chi connectivity index (χ1v) is 12.5. The Morgan fingerprint density at radius 3 is 2.73 bits per heavy atom. The molecule has 9 heteroatoms. The molecule has 1 saturated heterocycles. The van der Waals surface area contributed by atoms with Crippen molar-refractivity contribution in [2.75, 3.05) is 6.54 Å². The number of hydrogen-bond acceptors (Lipinski definition) is 6. The summed E-state index contributed by atoms with van der Waals surface area (Å²) in [5.41, 5.74) is 1.20. The Labute approximate surface area is 180 Å². The van der Waals surface area contributed by atoms with Gasteiger partial charge < -0.3 is 4.57 Å². The summed E-state index contributed by atoms with van der Waals surface area (Å²) in [6, 6.07) is 6.67. The normalized spacial score (nSPS) is 17.8. The third-order valence-corrected chi connectivity index (χ3v) is 8.48. The summed E-state index contributed by atoms with van der Waals surface area (Å²) in [6.07, 6.45) is 5.51. The first-order valence-electron chi connectivity index (χ1n) is 10.0. The second-order valence-corrected chi connectivity index (χ2v) is 11.1. The van der Waals surface area contributed by atoms with Crippen molar-refractivity contribution in [1.82, 2.24) is 19.4 Å². The van der Waals surface area contributed by atoms with Gasteiger partial charge in [-0.05, 0) is 39.3 Å². The Morgan fingerprint density at radius 1 is 1.23 bits per heavy atom. The van der Waals surface area contributed by atoms with Crippen LogP contribution in [-0.2, 0) is 22.9 Å². The molecular formula is C21H25FN4O2S2. The molecule has 1 aromatic carbocycles. The SMILES string of the molecule is CC(C)S(=O)(=O)c1ncc(CN2CCCC2c2nccs2)n1Cc1ccccc1F. The van der Waals surface area contributed by atoms with Gasteiger partial charge in [-0.3, -0.25) is 4.90 Å². The quantitative estimate of drug-likeness (QED) is 0.546. The number of aromatic nitrogens is 3. The second kappa shape index (κ2) is 8.56. The molecule has 2 aromatic heterocycles.